The van der Waals surface area contributed by atoms with Gasteiger partial charge in [0.2, 0.25) is 10.0 Å². The van der Waals surface area contributed by atoms with E-state index in [9.17, 15) is 21.6 Å². The molecule has 3 rings (SSSR count). The lowest BCUT2D eigenvalue weighted by Gasteiger charge is -2.13. The summed E-state index contributed by atoms with van der Waals surface area (Å²) in [7, 11) is -8.28. The van der Waals surface area contributed by atoms with E-state index in [0.29, 0.717) is 10.7 Å². The van der Waals surface area contributed by atoms with Crippen molar-refractivity contribution in [3.05, 3.63) is 83.4 Å². The second-order valence-electron chi connectivity index (χ2n) is 6.13. The second-order valence-corrected chi connectivity index (χ2v) is 9.81. The van der Waals surface area contributed by atoms with Gasteiger partial charge in [-0.2, -0.15) is 0 Å². The van der Waals surface area contributed by atoms with Crippen molar-refractivity contribution in [1.82, 2.24) is 0 Å². The molecule has 156 valence electrons. The number of hydrogen-bond donors (Lipinski definition) is 3. The standard InChI is InChI=1S/C19H16ClN3O5S2/c20-13-8-10-14(11-9-13)22-19(24)17-6-1-2-7-18(17)23-30(27,28)16-5-3-4-15(12-16)29(21,25)26/h1-12,23H,(H,22,24)(H2,21,25,26). The van der Waals surface area contributed by atoms with Gasteiger partial charge in [0.25, 0.3) is 15.9 Å². The number of hydrogen-bond acceptors (Lipinski definition) is 5. The molecule has 3 aromatic rings. The zero-order valence-electron chi connectivity index (χ0n) is 15.2. The summed E-state index contributed by atoms with van der Waals surface area (Å²) in [6, 6.07) is 17.0. The Kier molecular flexibility index (Phi) is 6.13. The summed E-state index contributed by atoms with van der Waals surface area (Å²) in [5, 5.41) is 8.22. The van der Waals surface area contributed by atoms with Gasteiger partial charge in [-0.1, -0.05) is 29.8 Å². The van der Waals surface area contributed by atoms with Crippen LogP contribution in [-0.4, -0.2) is 22.7 Å². The highest BCUT2D eigenvalue weighted by Crippen LogP contribution is 2.23. The van der Waals surface area contributed by atoms with E-state index in [-0.39, 0.29) is 21.0 Å². The number of para-hydroxylation sites is 1. The highest BCUT2D eigenvalue weighted by Gasteiger charge is 2.20. The molecule has 0 aliphatic carbocycles. The van der Waals surface area contributed by atoms with Crippen molar-refractivity contribution >= 4 is 48.9 Å². The van der Waals surface area contributed by atoms with Gasteiger partial charge in [0, 0.05) is 10.7 Å². The van der Waals surface area contributed by atoms with Gasteiger partial charge in [0.05, 0.1) is 21.0 Å². The summed E-state index contributed by atoms with van der Waals surface area (Å²) in [6.07, 6.45) is 0. The molecular formula is C19H16ClN3O5S2. The SMILES string of the molecule is NS(=O)(=O)c1cccc(S(=O)(=O)Nc2ccccc2C(=O)Nc2ccc(Cl)cc2)c1. The van der Waals surface area contributed by atoms with Gasteiger partial charge in [-0.3, -0.25) is 9.52 Å². The molecule has 8 nitrogen and oxygen atoms in total. The van der Waals surface area contributed by atoms with Crippen LogP contribution in [0.25, 0.3) is 0 Å². The predicted octanol–water partition coefficient (Wildman–Crippen LogP) is 3.04. The summed E-state index contributed by atoms with van der Waals surface area (Å²) >= 11 is 5.83. The Balaban J connectivity index is 1.90. The van der Waals surface area contributed by atoms with Crippen molar-refractivity contribution in [3.8, 4) is 0 Å². The Morgan fingerprint density at radius 1 is 0.833 bits per heavy atom. The zero-order valence-corrected chi connectivity index (χ0v) is 17.6. The van der Waals surface area contributed by atoms with Crippen molar-refractivity contribution in [1.29, 1.82) is 0 Å². The number of nitrogens with one attached hydrogen (secondary N) is 2. The molecule has 30 heavy (non-hydrogen) atoms. The average Bonchev–Trinajstić information content (AvgIpc) is 2.69. The van der Waals surface area contributed by atoms with Gasteiger partial charge in [0.15, 0.2) is 0 Å². The van der Waals surface area contributed by atoms with Crippen LogP contribution >= 0.6 is 11.6 Å². The molecule has 0 aliphatic heterocycles. The minimum Gasteiger partial charge on any atom is -0.322 e. The van der Waals surface area contributed by atoms with Crippen LogP contribution in [0.3, 0.4) is 0 Å². The lowest BCUT2D eigenvalue weighted by atomic mass is 10.1. The first kappa shape index (κ1) is 21.8. The maximum atomic E-state index is 12.8. The van der Waals surface area contributed by atoms with Crippen LogP contribution in [0, 0.1) is 0 Å². The van der Waals surface area contributed by atoms with Crippen LogP contribution in [0.4, 0.5) is 11.4 Å². The largest absolute Gasteiger partial charge is 0.322 e. The Morgan fingerprint density at radius 3 is 2.13 bits per heavy atom. The smallest absolute Gasteiger partial charge is 0.261 e. The van der Waals surface area contributed by atoms with Gasteiger partial charge in [-0.05, 0) is 54.6 Å². The molecule has 0 radical (unpaired) electrons. The number of nitrogens with two attached hydrogens (primary N) is 1. The molecule has 11 heteroatoms. The van der Waals surface area contributed by atoms with Gasteiger partial charge in [0.1, 0.15) is 0 Å². The van der Waals surface area contributed by atoms with Crippen molar-refractivity contribution in [2.24, 2.45) is 5.14 Å². The summed E-state index contributed by atoms with van der Waals surface area (Å²) < 4.78 is 50.8. The number of primary sulfonamides is 1. The molecule has 0 unspecified atom stereocenters. The second kappa shape index (κ2) is 8.44. The fourth-order valence-electron chi connectivity index (χ4n) is 2.52. The molecule has 0 fully saturated rings. The maximum Gasteiger partial charge on any atom is 0.261 e. The lowest BCUT2D eigenvalue weighted by Crippen LogP contribution is -2.19. The van der Waals surface area contributed by atoms with E-state index >= 15 is 0 Å². The third-order valence-electron chi connectivity index (χ3n) is 3.96. The topological polar surface area (TPSA) is 135 Å². The molecule has 0 bridgehead atoms. The minimum atomic E-state index is -4.20. The van der Waals surface area contributed by atoms with Crippen molar-refractivity contribution in [3.63, 3.8) is 0 Å². The van der Waals surface area contributed by atoms with Gasteiger partial charge in [-0.25, -0.2) is 22.0 Å². The molecular weight excluding hydrogens is 450 g/mol. The van der Waals surface area contributed by atoms with E-state index in [1.165, 1.54) is 30.3 Å². The third kappa shape index (κ3) is 5.16. The summed E-state index contributed by atoms with van der Waals surface area (Å²) in [6.45, 7) is 0. The van der Waals surface area contributed by atoms with Gasteiger partial charge >= 0.3 is 0 Å². The molecule has 3 aromatic carbocycles. The number of carbonyl (C=O) groups is 1. The summed E-state index contributed by atoms with van der Waals surface area (Å²) in [4.78, 5) is 12.0. The first-order valence-electron chi connectivity index (χ1n) is 8.38. The average molecular weight is 466 g/mol. The van der Waals surface area contributed by atoms with Crippen LogP contribution in [0.1, 0.15) is 10.4 Å². The molecule has 0 spiro atoms. The highest BCUT2D eigenvalue weighted by molar-refractivity contribution is 7.93. The number of carbonyl (C=O) groups excluding carboxylic acids is 1. The molecule has 0 aliphatic rings. The van der Waals surface area contributed by atoms with Crippen LogP contribution in [0.5, 0.6) is 0 Å². The first-order chi connectivity index (χ1) is 14.1. The van der Waals surface area contributed by atoms with Gasteiger partial charge in [-0.15, -0.1) is 0 Å². The summed E-state index contributed by atoms with van der Waals surface area (Å²) in [5.74, 6) is -0.547. The molecule has 1 amide bonds. The monoisotopic (exact) mass is 465 g/mol. The van der Waals surface area contributed by atoms with Crippen molar-refractivity contribution < 1.29 is 21.6 Å². The number of anilines is 2. The lowest BCUT2D eigenvalue weighted by molar-refractivity contribution is 0.102. The first-order valence-corrected chi connectivity index (χ1v) is 11.8. The van der Waals surface area contributed by atoms with Crippen molar-refractivity contribution in [2.45, 2.75) is 9.79 Å². The van der Waals surface area contributed by atoms with Crippen LogP contribution in [0.2, 0.25) is 5.02 Å². The molecule has 0 aromatic heterocycles. The Hall–Kier alpha value is -2.92. The number of halogens is 1. The Bertz CT molecular complexity index is 1310. The molecule has 4 N–H and O–H groups in total. The minimum absolute atomic E-state index is 0.0185. The molecule has 0 atom stereocenters. The van der Waals surface area contributed by atoms with Crippen LogP contribution in [0.15, 0.2) is 82.6 Å². The number of sulfonamides is 2. The quantitative estimate of drug-likeness (QED) is 0.514. The fraction of sp³-hybridized carbons (Fsp3) is 0. The van der Waals surface area contributed by atoms with E-state index in [4.69, 9.17) is 16.7 Å². The Labute approximate surface area is 178 Å². The van der Waals surface area contributed by atoms with E-state index in [1.807, 2.05) is 0 Å². The van der Waals surface area contributed by atoms with E-state index < -0.39 is 26.0 Å². The van der Waals surface area contributed by atoms with E-state index in [2.05, 4.69) is 10.0 Å². The fourth-order valence-corrected chi connectivity index (χ4v) is 4.41. The zero-order chi connectivity index (χ0) is 21.9. The van der Waals surface area contributed by atoms with E-state index in [1.54, 1.807) is 36.4 Å². The number of benzene rings is 3. The maximum absolute atomic E-state index is 12.8. The molecule has 0 saturated heterocycles. The van der Waals surface area contributed by atoms with Crippen LogP contribution < -0.4 is 15.2 Å². The molecule has 0 saturated carbocycles. The van der Waals surface area contributed by atoms with E-state index in [0.717, 1.165) is 6.07 Å². The van der Waals surface area contributed by atoms with Crippen LogP contribution in [-0.2, 0) is 20.0 Å². The van der Waals surface area contributed by atoms with Crippen molar-refractivity contribution in [2.75, 3.05) is 10.0 Å². The third-order valence-corrected chi connectivity index (χ3v) is 6.49. The number of amides is 1. The molecule has 0 heterocycles. The number of rotatable bonds is 6. The van der Waals surface area contributed by atoms with Gasteiger partial charge < -0.3 is 5.32 Å². The Morgan fingerprint density at radius 2 is 1.47 bits per heavy atom. The highest BCUT2D eigenvalue weighted by atomic mass is 35.5. The normalized spacial score (nSPS) is 11.7. The summed E-state index contributed by atoms with van der Waals surface area (Å²) in [5.41, 5.74) is 0.562. The predicted molar refractivity (Wildman–Crippen MR) is 114 cm³/mol.